The van der Waals surface area contributed by atoms with Crippen LogP contribution < -0.4 is 16.0 Å². The maximum atomic E-state index is 6.17. The predicted molar refractivity (Wildman–Crippen MR) is 114 cm³/mol. The molecular formula is C21H32N6O. The van der Waals surface area contributed by atoms with Crippen molar-refractivity contribution in [2.75, 3.05) is 31.2 Å². The summed E-state index contributed by atoms with van der Waals surface area (Å²) in [6.45, 7) is 7.29. The van der Waals surface area contributed by atoms with Crippen molar-refractivity contribution in [1.82, 2.24) is 10.2 Å². The van der Waals surface area contributed by atoms with Crippen LogP contribution in [0.1, 0.15) is 43.2 Å². The van der Waals surface area contributed by atoms with Gasteiger partial charge in [0.25, 0.3) is 0 Å². The lowest BCUT2D eigenvalue weighted by molar-refractivity contribution is 0.0669. The third-order valence-corrected chi connectivity index (χ3v) is 5.70. The van der Waals surface area contributed by atoms with Gasteiger partial charge in [-0.15, -0.1) is 0 Å². The highest BCUT2D eigenvalue weighted by molar-refractivity contribution is 6.05. The van der Waals surface area contributed by atoms with Gasteiger partial charge in [-0.2, -0.15) is 4.99 Å². The lowest BCUT2D eigenvalue weighted by Gasteiger charge is -2.42. The SMILES string of the molecule is Cc1cc(C)cc(N2C(N3CCOCC3)=NC(N)=NC2NC2CCCCC2)c1. The Morgan fingerprint density at radius 2 is 1.71 bits per heavy atom. The second-order valence-corrected chi connectivity index (χ2v) is 8.09. The number of nitrogens with zero attached hydrogens (tertiary/aromatic N) is 4. The van der Waals surface area contributed by atoms with Gasteiger partial charge in [0.2, 0.25) is 11.9 Å². The number of aryl methyl sites for hydroxylation is 2. The van der Waals surface area contributed by atoms with Crippen LogP contribution in [0.15, 0.2) is 28.2 Å². The molecule has 2 heterocycles. The van der Waals surface area contributed by atoms with E-state index in [0.29, 0.717) is 25.2 Å². The number of anilines is 1. The summed E-state index contributed by atoms with van der Waals surface area (Å²) in [5, 5.41) is 3.76. The average molecular weight is 385 g/mol. The molecule has 1 aliphatic carbocycles. The number of hydrogen-bond donors (Lipinski definition) is 2. The first-order chi connectivity index (χ1) is 13.6. The number of hydrogen-bond acceptors (Lipinski definition) is 7. The quantitative estimate of drug-likeness (QED) is 0.836. The van der Waals surface area contributed by atoms with Gasteiger partial charge in [-0.1, -0.05) is 25.3 Å². The van der Waals surface area contributed by atoms with E-state index in [1.807, 2.05) is 0 Å². The zero-order chi connectivity index (χ0) is 19.5. The van der Waals surface area contributed by atoms with Crippen LogP contribution in [0.2, 0.25) is 0 Å². The highest BCUT2D eigenvalue weighted by Crippen LogP contribution is 2.26. The Kier molecular flexibility index (Phi) is 5.82. The number of nitrogens with two attached hydrogens (primary N) is 1. The van der Waals surface area contributed by atoms with Crippen LogP contribution >= 0.6 is 0 Å². The molecule has 1 saturated heterocycles. The van der Waals surface area contributed by atoms with Gasteiger partial charge in [0.05, 0.1) is 13.2 Å². The molecule has 1 aromatic rings. The van der Waals surface area contributed by atoms with Gasteiger partial charge in [-0.05, 0) is 49.9 Å². The van der Waals surface area contributed by atoms with Crippen LogP contribution in [0.5, 0.6) is 0 Å². The number of ether oxygens (including phenoxy) is 1. The van der Waals surface area contributed by atoms with E-state index in [1.54, 1.807) is 0 Å². The first-order valence-corrected chi connectivity index (χ1v) is 10.5. The molecule has 0 bridgehead atoms. The number of guanidine groups is 2. The molecule has 0 spiro atoms. The third-order valence-electron chi connectivity index (χ3n) is 5.70. The Balaban J connectivity index is 1.69. The molecule has 7 nitrogen and oxygen atoms in total. The van der Waals surface area contributed by atoms with Gasteiger partial charge in [-0.3, -0.25) is 10.2 Å². The minimum Gasteiger partial charge on any atom is -0.378 e. The van der Waals surface area contributed by atoms with E-state index in [1.165, 1.54) is 43.2 Å². The Morgan fingerprint density at radius 3 is 2.39 bits per heavy atom. The van der Waals surface area contributed by atoms with Crippen LogP contribution in [0.3, 0.4) is 0 Å². The fourth-order valence-electron chi connectivity index (χ4n) is 4.40. The summed E-state index contributed by atoms with van der Waals surface area (Å²) in [5.74, 6) is 1.21. The number of nitrogens with one attached hydrogen (secondary N) is 1. The van der Waals surface area contributed by atoms with E-state index in [9.17, 15) is 0 Å². The van der Waals surface area contributed by atoms with Gasteiger partial charge in [0.15, 0.2) is 6.29 Å². The number of aliphatic imine (C=N–C) groups is 2. The second kappa shape index (κ2) is 8.49. The summed E-state index contributed by atoms with van der Waals surface area (Å²) in [5.41, 5.74) is 9.73. The van der Waals surface area contributed by atoms with E-state index in [4.69, 9.17) is 15.5 Å². The van der Waals surface area contributed by atoms with Crippen molar-refractivity contribution in [3.63, 3.8) is 0 Å². The molecule has 152 valence electrons. The standard InChI is InChI=1S/C21H32N6O/c1-15-12-16(2)14-18(13-15)27-20(23-17-6-4-3-5-7-17)24-19(22)25-21(27)26-8-10-28-11-9-26/h12-14,17,20,23H,3-11H2,1-2H3,(H2,22,24). The fraction of sp³-hybridized carbons (Fsp3) is 0.619. The van der Waals surface area contributed by atoms with Crippen molar-refractivity contribution >= 4 is 17.6 Å². The van der Waals surface area contributed by atoms with Crippen LogP contribution in [0.4, 0.5) is 5.69 Å². The monoisotopic (exact) mass is 384 g/mol. The largest absolute Gasteiger partial charge is 0.378 e. The second-order valence-electron chi connectivity index (χ2n) is 8.09. The first-order valence-electron chi connectivity index (χ1n) is 10.5. The molecular weight excluding hydrogens is 352 g/mol. The summed E-state index contributed by atoms with van der Waals surface area (Å²) in [6, 6.07) is 7.07. The summed E-state index contributed by atoms with van der Waals surface area (Å²) in [7, 11) is 0. The normalized spacial score (nSPS) is 24.1. The number of rotatable bonds is 3. The van der Waals surface area contributed by atoms with E-state index in [-0.39, 0.29) is 6.29 Å². The van der Waals surface area contributed by atoms with Crippen molar-refractivity contribution < 1.29 is 4.74 Å². The van der Waals surface area contributed by atoms with Gasteiger partial charge in [-0.25, -0.2) is 4.99 Å². The molecule has 0 radical (unpaired) electrons. The summed E-state index contributed by atoms with van der Waals surface area (Å²) in [4.78, 5) is 13.9. The highest BCUT2D eigenvalue weighted by Gasteiger charge is 2.33. The molecule has 3 aliphatic rings. The molecule has 4 rings (SSSR count). The van der Waals surface area contributed by atoms with Gasteiger partial charge in [0, 0.05) is 24.8 Å². The van der Waals surface area contributed by atoms with Gasteiger partial charge in [0.1, 0.15) is 0 Å². The van der Waals surface area contributed by atoms with E-state index in [2.05, 4.69) is 52.2 Å². The van der Waals surface area contributed by atoms with Crippen molar-refractivity contribution in [3.05, 3.63) is 29.3 Å². The molecule has 2 fully saturated rings. The molecule has 2 aliphatic heterocycles. The highest BCUT2D eigenvalue weighted by atomic mass is 16.5. The van der Waals surface area contributed by atoms with Crippen molar-refractivity contribution in [3.8, 4) is 0 Å². The summed E-state index contributed by atoms with van der Waals surface area (Å²) < 4.78 is 5.55. The smallest absolute Gasteiger partial charge is 0.221 e. The molecule has 1 saturated carbocycles. The van der Waals surface area contributed by atoms with E-state index < -0.39 is 0 Å². The Bertz CT molecular complexity index is 729. The van der Waals surface area contributed by atoms with E-state index >= 15 is 0 Å². The van der Waals surface area contributed by atoms with Crippen LogP contribution in [0.25, 0.3) is 0 Å². The Hall–Kier alpha value is -2.12. The maximum Gasteiger partial charge on any atom is 0.221 e. The zero-order valence-corrected chi connectivity index (χ0v) is 17.0. The maximum absolute atomic E-state index is 6.17. The number of morpholine rings is 1. The zero-order valence-electron chi connectivity index (χ0n) is 17.0. The summed E-state index contributed by atoms with van der Waals surface area (Å²) >= 11 is 0. The number of benzene rings is 1. The fourth-order valence-corrected chi connectivity index (χ4v) is 4.40. The van der Waals surface area contributed by atoms with Gasteiger partial charge >= 0.3 is 0 Å². The molecule has 1 aromatic carbocycles. The molecule has 28 heavy (non-hydrogen) atoms. The van der Waals surface area contributed by atoms with Crippen molar-refractivity contribution in [2.24, 2.45) is 15.7 Å². The summed E-state index contributed by atoms with van der Waals surface area (Å²) in [6.07, 6.45) is 6.03. The molecule has 0 aromatic heterocycles. The topological polar surface area (TPSA) is 78.5 Å². The molecule has 0 amide bonds. The minimum atomic E-state index is -0.236. The molecule has 1 atom stereocenters. The van der Waals surface area contributed by atoms with Crippen LogP contribution in [-0.4, -0.2) is 55.5 Å². The third kappa shape index (κ3) is 4.31. The average Bonchev–Trinajstić information content (AvgIpc) is 2.68. The van der Waals surface area contributed by atoms with Crippen LogP contribution in [0, 0.1) is 13.8 Å². The first kappa shape index (κ1) is 19.2. The van der Waals surface area contributed by atoms with E-state index in [0.717, 1.165) is 24.7 Å². The minimum absolute atomic E-state index is 0.236. The predicted octanol–water partition coefficient (Wildman–Crippen LogP) is 2.33. The van der Waals surface area contributed by atoms with Gasteiger partial charge < -0.3 is 15.4 Å². The Labute approximate surface area is 167 Å². The molecule has 1 unspecified atom stereocenters. The molecule has 7 heteroatoms. The molecule has 3 N–H and O–H groups in total. The van der Waals surface area contributed by atoms with Crippen molar-refractivity contribution in [1.29, 1.82) is 0 Å². The van der Waals surface area contributed by atoms with Crippen LogP contribution in [-0.2, 0) is 4.74 Å². The lowest BCUT2D eigenvalue weighted by atomic mass is 9.95. The Morgan fingerprint density at radius 1 is 1.04 bits per heavy atom. The lowest BCUT2D eigenvalue weighted by Crippen LogP contribution is -2.60. The van der Waals surface area contributed by atoms with Crippen molar-refractivity contribution in [2.45, 2.75) is 58.3 Å².